The molecule has 5 nitrogen and oxygen atoms in total. The van der Waals surface area contributed by atoms with E-state index < -0.39 is 0 Å². The zero-order valence-electron chi connectivity index (χ0n) is 12.1. The summed E-state index contributed by atoms with van der Waals surface area (Å²) in [6, 6.07) is 12.1. The van der Waals surface area contributed by atoms with E-state index in [0.29, 0.717) is 0 Å². The highest BCUT2D eigenvalue weighted by Crippen LogP contribution is 2.19. The van der Waals surface area contributed by atoms with E-state index in [1.807, 2.05) is 60.5 Å². The van der Waals surface area contributed by atoms with E-state index in [-0.39, 0.29) is 6.04 Å². The maximum Gasteiger partial charge on any atom is 0.159 e. The Bertz CT molecular complexity index is 703. The molecule has 0 amide bonds. The number of rotatable bonds is 4. The van der Waals surface area contributed by atoms with E-state index >= 15 is 0 Å². The largest absolute Gasteiger partial charge is 0.374 e. The predicted molar refractivity (Wildman–Crippen MR) is 82.7 cm³/mol. The summed E-state index contributed by atoms with van der Waals surface area (Å²) < 4.78 is 1.86. The lowest BCUT2D eigenvalue weighted by atomic mass is 10.2. The first-order valence-electron chi connectivity index (χ1n) is 6.86. The van der Waals surface area contributed by atoms with Crippen molar-refractivity contribution >= 4 is 5.69 Å². The van der Waals surface area contributed by atoms with Gasteiger partial charge in [0.15, 0.2) is 5.82 Å². The van der Waals surface area contributed by atoms with Gasteiger partial charge in [0.2, 0.25) is 0 Å². The number of benzene rings is 1. The molecule has 0 saturated carbocycles. The molecular weight excluding hydrogens is 262 g/mol. The fraction of sp³-hybridized carbons (Fsp3) is 0.188. The Kier molecular flexibility index (Phi) is 3.64. The van der Waals surface area contributed by atoms with E-state index in [9.17, 15) is 0 Å². The molecule has 1 N–H and O–H groups in total. The van der Waals surface area contributed by atoms with Crippen LogP contribution in [0.2, 0.25) is 0 Å². The molecule has 0 fully saturated rings. The zero-order valence-corrected chi connectivity index (χ0v) is 12.1. The fourth-order valence-corrected chi connectivity index (χ4v) is 2.27. The molecule has 0 aliphatic heterocycles. The summed E-state index contributed by atoms with van der Waals surface area (Å²) in [7, 11) is 1.93. The highest BCUT2D eigenvalue weighted by molar-refractivity contribution is 5.55. The van der Waals surface area contributed by atoms with E-state index in [0.717, 1.165) is 22.8 Å². The second-order valence-electron chi connectivity index (χ2n) is 4.91. The normalized spacial score (nSPS) is 12.1. The second-order valence-corrected chi connectivity index (χ2v) is 4.91. The maximum atomic E-state index is 4.41. The molecule has 0 spiro atoms. The van der Waals surface area contributed by atoms with Crippen LogP contribution in [-0.2, 0) is 7.05 Å². The van der Waals surface area contributed by atoms with Crippen LogP contribution in [0.5, 0.6) is 0 Å². The van der Waals surface area contributed by atoms with E-state index in [1.54, 1.807) is 6.20 Å². The van der Waals surface area contributed by atoms with Crippen LogP contribution < -0.4 is 5.32 Å². The van der Waals surface area contributed by atoms with Gasteiger partial charge in [0.25, 0.3) is 0 Å². The Morgan fingerprint density at radius 1 is 1.05 bits per heavy atom. The minimum atomic E-state index is 0.142. The zero-order chi connectivity index (χ0) is 14.7. The van der Waals surface area contributed by atoms with Crippen LogP contribution in [-0.4, -0.2) is 19.7 Å². The molecule has 1 atom stereocenters. The van der Waals surface area contributed by atoms with Crippen molar-refractivity contribution in [1.82, 2.24) is 19.7 Å². The van der Waals surface area contributed by atoms with Crippen molar-refractivity contribution in [1.29, 1.82) is 0 Å². The van der Waals surface area contributed by atoms with Crippen molar-refractivity contribution in [2.24, 2.45) is 7.05 Å². The molecule has 3 aromatic rings. The first-order chi connectivity index (χ1) is 10.2. The number of aryl methyl sites for hydroxylation is 1. The number of hydrogen-bond donors (Lipinski definition) is 1. The van der Waals surface area contributed by atoms with Crippen LogP contribution in [0.25, 0.3) is 11.4 Å². The molecule has 2 aromatic heterocycles. The minimum absolute atomic E-state index is 0.142. The van der Waals surface area contributed by atoms with Gasteiger partial charge in [-0.2, -0.15) is 5.10 Å². The van der Waals surface area contributed by atoms with Gasteiger partial charge in [0, 0.05) is 18.8 Å². The second kappa shape index (κ2) is 5.75. The van der Waals surface area contributed by atoms with Gasteiger partial charge in [-0.25, -0.2) is 9.97 Å². The van der Waals surface area contributed by atoms with Crippen LogP contribution in [0.15, 0.2) is 55.0 Å². The third-order valence-electron chi connectivity index (χ3n) is 3.37. The van der Waals surface area contributed by atoms with Crippen LogP contribution in [0.1, 0.15) is 18.7 Å². The monoisotopic (exact) mass is 279 g/mol. The van der Waals surface area contributed by atoms with Crippen molar-refractivity contribution in [2.75, 3.05) is 5.32 Å². The lowest BCUT2D eigenvalue weighted by molar-refractivity contribution is 0.675. The fourth-order valence-electron chi connectivity index (χ4n) is 2.27. The Morgan fingerprint density at radius 3 is 2.38 bits per heavy atom. The average Bonchev–Trinajstić information content (AvgIpc) is 2.95. The summed E-state index contributed by atoms with van der Waals surface area (Å²) in [5.41, 5.74) is 3.02. The number of hydrogen-bond acceptors (Lipinski definition) is 4. The van der Waals surface area contributed by atoms with Crippen LogP contribution in [0.3, 0.4) is 0 Å². The number of anilines is 1. The quantitative estimate of drug-likeness (QED) is 0.797. The highest BCUT2D eigenvalue weighted by atomic mass is 15.3. The summed E-state index contributed by atoms with van der Waals surface area (Å²) in [5.74, 6) is 0.731. The lowest BCUT2D eigenvalue weighted by Gasteiger charge is -2.15. The Balaban J connectivity index is 1.75. The van der Waals surface area contributed by atoms with Gasteiger partial charge < -0.3 is 5.32 Å². The third-order valence-corrected chi connectivity index (χ3v) is 3.37. The number of nitrogens with zero attached hydrogens (tertiary/aromatic N) is 4. The lowest BCUT2D eigenvalue weighted by Crippen LogP contribution is -2.11. The summed E-state index contributed by atoms with van der Waals surface area (Å²) >= 11 is 0. The van der Waals surface area contributed by atoms with Gasteiger partial charge in [-0.15, -0.1) is 0 Å². The van der Waals surface area contributed by atoms with Crippen molar-refractivity contribution in [3.8, 4) is 11.4 Å². The predicted octanol–water partition coefficient (Wildman–Crippen LogP) is 3.05. The first-order valence-corrected chi connectivity index (χ1v) is 6.86. The van der Waals surface area contributed by atoms with Gasteiger partial charge in [-0.3, -0.25) is 4.68 Å². The van der Waals surface area contributed by atoms with E-state index in [4.69, 9.17) is 0 Å². The smallest absolute Gasteiger partial charge is 0.159 e. The molecule has 2 heterocycles. The standard InChI is InChI=1S/C16H17N5/c1-12(15-8-9-19-21(15)2)20-14-10-17-16(18-11-14)13-6-4-3-5-7-13/h3-12,20H,1-2H3. The Labute approximate surface area is 123 Å². The van der Waals surface area contributed by atoms with Crippen molar-refractivity contribution in [3.05, 3.63) is 60.7 Å². The molecule has 21 heavy (non-hydrogen) atoms. The van der Waals surface area contributed by atoms with Gasteiger partial charge in [-0.1, -0.05) is 30.3 Å². The molecule has 106 valence electrons. The van der Waals surface area contributed by atoms with Gasteiger partial charge in [-0.05, 0) is 13.0 Å². The molecule has 0 aliphatic carbocycles. The highest BCUT2D eigenvalue weighted by Gasteiger charge is 2.09. The molecule has 0 bridgehead atoms. The summed E-state index contributed by atoms with van der Waals surface area (Å²) in [6.07, 6.45) is 5.41. The van der Waals surface area contributed by atoms with E-state index in [1.165, 1.54) is 0 Å². The maximum absolute atomic E-state index is 4.41. The average molecular weight is 279 g/mol. The molecule has 3 rings (SSSR count). The van der Waals surface area contributed by atoms with Crippen LogP contribution in [0.4, 0.5) is 5.69 Å². The van der Waals surface area contributed by atoms with Gasteiger partial charge >= 0.3 is 0 Å². The van der Waals surface area contributed by atoms with Gasteiger partial charge in [0.05, 0.1) is 29.8 Å². The van der Waals surface area contributed by atoms with Crippen molar-refractivity contribution in [2.45, 2.75) is 13.0 Å². The Morgan fingerprint density at radius 2 is 1.76 bits per heavy atom. The molecule has 5 heteroatoms. The van der Waals surface area contributed by atoms with E-state index in [2.05, 4.69) is 27.3 Å². The number of nitrogens with one attached hydrogen (secondary N) is 1. The van der Waals surface area contributed by atoms with Gasteiger partial charge in [0.1, 0.15) is 0 Å². The molecular formula is C16H17N5. The Hall–Kier alpha value is -2.69. The third kappa shape index (κ3) is 2.91. The molecule has 0 aliphatic rings. The summed E-state index contributed by atoms with van der Waals surface area (Å²) in [6.45, 7) is 2.09. The first kappa shape index (κ1) is 13.3. The number of aromatic nitrogens is 4. The van der Waals surface area contributed by atoms with Crippen LogP contribution >= 0.6 is 0 Å². The topological polar surface area (TPSA) is 55.6 Å². The van der Waals surface area contributed by atoms with Crippen molar-refractivity contribution in [3.63, 3.8) is 0 Å². The molecule has 0 saturated heterocycles. The summed E-state index contributed by atoms with van der Waals surface area (Å²) in [5, 5.41) is 7.56. The molecule has 1 aromatic carbocycles. The minimum Gasteiger partial charge on any atom is -0.374 e. The van der Waals surface area contributed by atoms with Crippen molar-refractivity contribution < 1.29 is 0 Å². The molecule has 0 radical (unpaired) electrons. The van der Waals surface area contributed by atoms with Crippen LogP contribution in [0, 0.1) is 0 Å². The molecule has 1 unspecified atom stereocenters. The summed E-state index contributed by atoms with van der Waals surface area (Å²) in [4.78, 5) is 8.82. The SMILES string of the molecule is CC(Nc1cnc(-c2ccccc2)nc1)c1ccnn1C.